The number of hydrogen-bond acceptors (Lipinski definition) is 1. The Bertz CT molecular complexity index is 2840. The van der Waals surface area contributed by atoms with Gasteiger partial charge in [-0.2, -0.15) is 0 Å². The van der Waals surface area contributed by atoms with E-state index in [1.54, 1.807) is 0 Å². The van der Waals surface area contributed by atoms with Crippen LogP contribution in [-0.2, 0) is 0 Å². The zero-order valence-corrected chi connectivity index (χ0v) is 28.3. The number of benzene rings is 8. The van der Waals surface area contributed by atoms with E-state index in [1.165, 1.54) is 68.7 Å². The van der Waals surface area contributed by atoms with Gasteiger partial charge in [0.15, 0.2) is 0 Å². The van der Waals surface area contributed by atoms with Gasteiger partial charge in [-0.05, 0) is 0 Å². The van der Waals surface area contributed by atoms with Crippen LogP contribution < -0.4 is 4.90 Å². The number of anilines is 3. The predicted molar refractivity (Wildman–Crippen MR) is 210 cm³/mol. The average molecular weight is 690 g/mol. The standard InChI is InChI=1S/C46H30N2Se/c1-2-15-32(16-3-1)48-43-23-10-7-19-38(43)40-29-33(25-27-44(40)48)47(34-26-28-46-41(30-34)39-20-8-11-24-45(39)49-46)42-22-9-6-18-37(42)36-21-12-14-31-13-4-5-17-35(31)36/h1-30H. The molecule has 10 aromatic rings. The molecular formula is C46H30N2Se. The molecule has 2 aromatic heterocycles. The smallest absolute Gasteiger partial charge is 0.0602 e. The topological polar surface area (TPSA) is 8.17 Å². The third kappa shape index (κ3) is 4.55. The second-order valence-electron chi connectivity index (χ2n) is 12.5. The molecule has 2 nitrogen and oxygen atoms in total. The quantitative estimate of drug-likeness (QED) is 0.163. The van der Waals surface area contributed by atoms with E-state index in [0.717, 1.165) is 17.1 Å². The fourth-order valence-electron chi connectivity index (χ4n) is 7.59. The summed E-state index contributed by atoms with van der Waals surface area (Å²) in [4.78, 5) is 2.47. The third-order valence-electron chi connectivity index (χ3n) is 9.77. The van der Waals surface area contributed by atoms with Gasteiger partial charge in [-0.1, -0.05) is 18.2 Å². The van der Waals surface area contributed by atoms with Crippen molar-refractivity contribution in [3.05, 3.63) is 182 Å². The minimum atomic E-state index is 0.314. The van der Waals surface area contributed by atoms with Gasteiger partial charge in [0.2, 0.25) is 0 Å². The Kier molecular flexibility index (Phi) is 6.55. The van der Waals surface area contributed by atoms with E-state index in [9.17, 15) is 0 Å². The molecular weight excluding hydrogens is 659 g/mol. The molecule has 0 aliphatic rings. The molecule has 2 heterocycles. The number of rotatable bonds is 5. The molecule has 0 bridgehead atoms. The SMILES string of the molecule is c1ccc(-n2c3ccccc3c3cc(N(c4ccc5[se]c6ccccc6c5c4)c4ccccc4-c4cccc5ccccc45)ccc32)cc1. The van der Waals surface area contributed by atoms with Gasteiger partial charge in [0, 0.05) is 0 Å². The van der Waals surface area contributed by atoms with Gasteiger partial charge in [0.05, 0.1) is 0 Å². The summed E-state index contributed by atoms with van der Waals surface area (Å²) in [6.45, 7) is 0. The van der Waals surface area contributed by atoms with E-state index >= 15 is 0 Å². The van der Waals surface area contributed by atoms with Crippen molar-refractivity contribution in [2.45, 2.75) is 0 Å². The summed E-state index contributed by atoms with van der Waals surface area (Å²) in [6.07, 6.45) is 0. The van der Waals surface area contributed by atoms with Crippen molar-refractivity contribution >= 4 is 83.4 Å². The summed E-state index contributed by atoms with van der Waals surface area (Å²) in [7, 11) is 0. The van der Waals surface area contributed by atoms with Gasteiger partial charge in [-0.3, -0.25) is 0 Å². The zero-order chi connectivity index (χ0) is 32.3. The maximum atomic E-state index is 2.47. The van der Waals surface area contributed by atoms with Crippen molar-refractivity contribution < 1.29 is 0 Å². The molecule has 0 fully saturated rings. The van der Waals surface area contributed by atoms with Crippen molar-refractivity contribution in [3.63, 3.8) is 0 Å². The summed E-state index contributed by atoms with van der Waals surface area (Å²) in [5.74, 6) is 0. The Balaban J connectivity index is 1.26. The van der Waals surface area contributed by atoms with Crippen LogP contribution >= 0.6 is 0 Å². The minimum Gasteiger partial charge on any atom is -0.0602 e. The summed E-state index contributed by atoms with van der Waals surface area (Å²) < 4.78 is 5.29. The van der Waals surface area contributed by atoms with Crippen LogP contribution in [0.4, 0.5) is 17.1 Å². The van der Waals surface area contributed by atoms with Gasteiger partial charge in [-0.25, -0.2) is 0 Å². The second kappa shape index (κ2) is 11.4. The van der Waals surface area contributed by atoms with E-state index in [4.69, 9.17) is 0 Å². The molecule has 0 unspecified atom stereocenters. The van der Waals surface area contributed by atoms with E-state index in [-0.39, 0.29) is 0 Å². The first kappa shape index (κ1) is 28.2. The number of para-hydroxylation sites is 3. The summed E-state index contributed by atoms with van der Waals surface area (Å²) in [5.41, 5.74) is 9.45. The molecule has 0 N–H and O–H groups in total. The Morgan fingerprint density at radius 2 is 1.00 bits per heavy atom. The van der Waals surface area contributed by atoms with Crippen LogP contribution in [0.3, 0.4) is 0 Å². The molecule has 10 rings (SSSR count). The molecule has 0 saturated heterocycles. The van der Waals surface area contributed by atoms with Gasteiger partial charge < -0.3 is 0 Å². The van der Waals surface area contributed by atoms with E-state index < -0.39 is 0 Å². The third-order valence-corrected chi connectivity index (χ3v) is 12.2. The molecule has 0 amide bonds. The molecule has 0 aliphatic heterocycles. The molecule has 0 saturated carbocycles. The summed E-state index contributed by atoms with van der Waals surface area (Å²) in [5, 5.41) is 7.69. The molecule has 0 atom stereocenters. The van der Waals surface area contributed by atoms with E-state index in [0.29, 0.717) is 14.5 Å². The van der Waals surface area contributed by atoms with Crippen molar-refractivity contribution in [3.8, 4) is 16.8 Å². The van der Waals surface area contributed by atoms with Crippen molar-refractivity contribution in [1.29, 1.82) is 0 Å². The molecule has 0 spiro atoms. The van der Waals surface area contributed by atoms with Gasteiger partial charge in [0.25, 0.3) is 0 Å². The molecule has 0 aliphatic carbocycles. The average Bonchev–Trinajstić information content (AvgIpc) is 3.71. The first-order valence-electron chi connectivity index (χ1n) is 16.7. The fourth-order valence-corrected chi connectivity index (χ4v) is 9.87. The van der Waals surface area contributed by atoms with Crippen LogP contribution in [-0.4, -0.2) is 19.1 Å². The summed E-state index contributed by atoms with van der Waals surface area (Å²) in [6, 6.07) is 66.7. The predicted octanol–water partition coefficient (Wildman–Crippen LogP) is 12.4. The molecule has 0 radical (unpaired) electrons. The normalized spacial score (nSPS) is 11.7. The van der Waals surface area contributed by atoms with Crippen LogP contribution in [0.25, 0.3) is 68.7 Å². The van der Waals surface area contributed by atoms with E-state index in [2.05, 4.69) is 191 Å². The number of hydrogen-bond donors (Lipinski definition) is 0. The second-order valence-corrected chi connectivity index (χ2v) is 14.8. The fraction of sp³-hybridized carbons (Fsp3) is 0. The first-order valence-corrected chi connectivity index (χ1v) is 18.4. The minimum absolute atomic E-state index is 0.314. The van der Waals surface area contributed by atoms with Crippen LogP contribution in [0.5, 0.6) is 0 Å². The Labute approximate surface area is 290 Å². The zero-order valence-electron chi connectivity index (χ0n) is 26.6. The van der Waals surface area contributed by atoms with Gasteiger partial charge in [-0.15, -0.1) is 0 Å². The van der Waals surface area contributed by atoms with E-state index in [1.807, 2.05) is 0 Å². The maximum absolute atomic E-state index is 2.47. The Morgan fingerprint density at radius 3 is 1.90 bits per heavy atom. The molecule has 8 aromatic carbocycles. The molecule has 3 heteroatoms. The first-order chi connectivity index (χ1) is 24.3. The number of aromatic nitrogens is 1. The Morgan fingerprint density at radius 1 is 0.388 bits per heavy atom. The van der Waals surface area contributed by atoms with Crippen molar-refractivity contribution in [1.82, 2.24) is 4.57 Å². The monoisotopic (exact) mass is 690 g/mol. The van der Waals surface area contributed by atoms with Crippen LogP contribution in [0, 0.1) is 0 Å². The van der Waals surface area contributed by atoms with Crippen LogP contribution in [0.1, 0.15) is 0 Å². The van der Waals surface area contributed by atoms with Crippen molar-refractivity contribution in [2.75, 3.05) is 4.90 Å². The van der Waals surface area contributed by atoms with Gasteiger partial charge in [0.1, 0.15) is 0 Å². The number of fused-ring (bicyclic) bond motifs is 7. The molecule has 49 heavy (non-hydrogen) atoms. The van der Waals surface area contributed by atoms with Crippen LogP contribution in [0.15, 0.2) is 182 Å². The van der Waals surface area contributed by atoms with Gasteiger partial charge >= 0.3 is 274 Å². The van der Waals surface area contributed by atoms with Crippen molar-refractivity contribution in [2.24, 2.45) is 0 Å². The number of nitrogens with zero attached hydrogens (tertiary/aromatic N) is 2. The summed E-state index contributed by atoms with van der Waals surface area (Å²) >= 11 is 0.314. The Hall–Kier alpha value is -5.86. The molecule has 230 valence electrons. The van der Waals surface area contributed by atoms with Crippen LogP contribution in [0.2, 0.25) is 0 Å².